The van der Waals surface area contributed by atoms with Crippen molar-refractivity contribution in [1.29, 1.82) is 0 Å². The second kappa shape index (κ2) is 7.43. The van der Waals surface area contributed by atoms with Crippen molar-refractivity contribution in [3.8, 4) is 0 Å². The summed E-state index contributed by atoms with van der Waals surface area (Å²) in [5, 5.41) is 2.82. The highest BCUT2D eigenvalue weighted by molar-refractivity contribution is 7.89. The van der Waals surface area contributed by atoms with E-state index in [1.165, 1.54) is 20.2 Å². The van der Waals surface area contributed by atoms with E-state index >= 15 is 0 Å². The van der Waals surface area contributed by atoms with Gasteiger partial charge in [-0.05, 0) is 43.2 Å². The molecule has 1 aliphatic heterocycles. The number of carbonyl (C=O) groups excluding carboxylic acids is 1. The number of pyridine rings is 1. The van der Waals surface area contributed by atoms with Crippen molar-refractivity contribution in [2.75, 3.05) is 37.4 Å². The maximum Gasteiger partial charge on any atom is 0.257 e. The van der Waals surface area contributed by atoms with Crippen LogP contribution in [0.15, 0.2) is 47.6 Å². The molecular weight excluding hydrogens is 352 g/mol. The molecule has 1 N–H and O–H groups in total. The highest BCUT2D eigenvalue weighted by Crippen LogP contribution is 2.28. The maximum absolute atomic E-state index is 12.9. The molecule has 8 heteroatoms. The third kappa shape index (κ3) is 3.71. The zero-order chi connectivity index (χ0) is 18.7. The second-order valence-electron chi connectivity index (χ2n) is 6.35. The number of rotatable bonds is 5. The highest BCUT2D eigenvalue weighted by atomic mass is 32.2. The Morgan fingerprint density at radius 3 is 2.38 bits per heavy atom. The number of benzene rings is 1. The van der Waals surface area contributed by atoms with Crippen molar-refractivity contribution in [3.63, 3.8) is 0 Å². The Balaban J connectivity index is 2.02. The van der Waals surface area contributed by atoms with E-state index in [4.69, 9.17) is 0 Å². The Kier molecular flexibility index (Phi) is 5.24. The van der Waals surface area contributed by atoms with Crippen LogP contribution in [0.2, 0.25) is 0 Å². The van der Waals surface area contributed by atoms with Crippen LogP contribution in [0, 0.1) is 0 Å². The van der Waals surface area contributed by atoms with E-state index in [-0.39, 0.29) is 10.8 Å². The maximum atomic E-state index is 12.9. The van der Waals surface area contributed by atoms with Crippen LogP contribution < -0.4 is 10.2 Å². The predicted octanol–water partition coefficient (Wildman–Crippen LogP) is 2.18. The molecule has 7 nitrogen and oxygen atoms in total. The lowest BCUT2D eigenvalue weighted by Gasteiger charge is -2.22. The number of sulfonamides is 1. The van der Waals surface area contributed by atoms with E-state index in [9.17, 15) is 13.2 Å². The van der Waals surface area contributed by atoms with Crippen molar-refractivity contribution in [2.45, 2.75) is 17.7 Å². The number of anilines is 2. The zero-order valence-corrected chi connectivity index (χ0v) is 15.7. The molecule has 2 aromatic rings. The van der Waals surface area contributed by atoms with E-state index < -0.39 is 10.0 Å². The highest BCUT2D eigenvalue weighted by Gasteiger charge is 2.24. The molecule has 0 radical (unpaired) electrons. The third-order valence-electron chi connectivity index (χ3n) is 4.38. The minimum Gasteiger partial charge on any atom is -0.371 e. The third-order valence-corrected chi connectivity index (χ3v) is 6.19. The molecule has 26 heavy (non-hydrogen) atoms. The van der Waals surface area contributed by atoms with Gasteiger partial charge in [-0.25, -0.2) is 12.7 Å². The van der Waals surface area contributed by atoms with Gasteiger partial charge in [0.2, 0.25) is 10.0 Å². The normalized spacial score (nSPS) is 14.7. The van der Waals surface area contributed by atoms with Crippen molar-refractivity contribution >= 4 is 27.3 Å². The molecule has 1 saturated heterocycles. The largest absolute Gasteiger partial charge is 0.371 e. The molecule has 0 spiro atoms. The van der Waals surface area contributed by atoms with Gasteiger partial charge in [-0.15, -0.1) is 0 Å². The van der Waals surface area contributed by atoms with E-state index in [0.717, 1.165) is 35.9 Å². The van der Waals surface area contributed by atoms with Gasteiger partial charge in [-0.3, -0.25) is 9.78 Å². The first-order valence-electron chi connectivity index (χ1n) is 8.42. The lowest BCUT2D eigenvalue weighted by molar-refractivity contribution is 0.102. The average molecular weight is 374 g/mol. The van der Waals surface area contributed by atoms with Gasteiger partial charge >= 0.3 is 0 Å². The van der Waals surface area contributed by atoms with Crippen molar-refractivity contribution in [3.05, 3.63) is 48.3 Å². The molecule has 1 fully saturated rings. The summed E-state index contributed by atoms with van der Waals surface area (Å²) in [6, 6.07) is 8.12. The van der Waals surface area contributed by atoms with Gasteiger partial charge in [0.25, 0.3) is 5.91 Å². The fraction of sp³-hybridized carbons (Fsp3) is 0.333. The Morgan fingerprint density at radius 2 is 1.77 bits per heavy atom. The molecule has 0 saturated carbocycles. The van der Waals surface area contributed by atoms with Gasteiger partial charge in [-0.1, -0.05) is 0 Å². The molecule has 0 bridgehead atoms. The SMILES string of the molecule is CN(C)S(=O)(=O)c1ccc(N2CCCC2)c(C(=O)Nc2ccncc2)c1. The van der Waals surface area contributed by atoms with Crippen LogP contribution in [0.3, 0.4) is 0 Å². The Morgan fingerprint density at radius 1 is 1.12 bits per heavy atom. The first-order valence-corrected chi connectivity index (χ1v) is 9.86. The van der Waals surface area contributed by atoms with Gasteiger partial charge < -0.3 is 10.2 Å². The lowest BCUT2D eigenvalue weighted by Crippen LogP contribution is -2.25. The summed E-state index contributed by atoms with van der Waals surface area (Å²) in [6.45, 7) is 1.71. The van der Waals surface area contributed by atoms with Crippen molar-refractivity contribution in [2.24, 2.45) is 0 Å². The molecular formula is C18H22N4O3S. The number of aromatic nitrogens is 1. The van der Waals surface area contributed by atoms with Gasteiger partial charge in [0.05, 0.1) is 10.5 Å². The Labute approximate surface area is 153 Å². The molecule has 2 heterocycles. The summed E-state index contributed by atoms with van der Waals surface area (Å²) in [5.41, 5.74) is 1.72. The van der Waals surface area contributed by atoms with Crippen LogP contribution in [0.25, 0.3) is 0 Å². The van der Waals surface area contributed by atoms with Crippen LogP contribution in [-0.4, -0.2) is 50.8 Å². The molecule has 1 aromatic heterocycles. The predicted molar refractivity (Wildman–Crippen MR) is 101 cm³/mol. The molecule has 3 rings (SSSR count). The molecule has 0 atom stereocenters. The molecule has 1 aliphatic rings. The van der Waals surface area contributed by atoms with E-state index in [2.05, 4.69) is 15.2 Å². The minimum atomic E-state index is -3.62. The smallest absolute Gasteiger partial charge is 0.257 e. The first-order chi connectivity index (χ1) is 12.4. The summed E-state index contributed by atoms with van der Waals surface area (Å²) < 4.78 is 26.1. The van der Waals surface area contributed by atoms with E-state index in [1.807, 2.05) is 0 Å². The summed E-state index contributed by atoms with van der Waals surface area (Å²) in [7, 11) is -0.676. The Hall–Kier alpha value is -2.45. The number of amides is 1. The fourth-order valence-corrected chi connectivity index (χ4v) is 3.86. The van der Waals surface area contributed by atoms with Crippen LogP contribution in [0.4, 0.5) is 11.4 Å². The standard InChI is InChI=1S/C18H22N4O3S/c1-21(2)26(24,25)15-5-6-17(22-11-3-4-12-22)16(13-15)18(23)20-14-7-9-19-10-8-14/h5-10,13H,3-4,11-12H2,1-2H3,(H,19,20,23). The van der Waals surface area contributed by atoms with E-state index in [0.29, 0.717) is 11.3 Å². The molecule has 138 valence electrons. The minimum absolute atomic E-state index is 0.102. The van der Waals surface area contributed by atoms with Crippen molar-refractivity contribution in [1.82, 2.24) is 9.29 Å². The van der Waals surface area contributed by atoms with Crippen LogP contribution in [-0.2, 0) is 10.0 Å². The summed E-state index contributed by atoms with van der Waals surface area (Å²) >= 11 is 0. The number of carbonyl (C=O) groups is 1. The monoisotopic (exact) mass is 374 g/mol. The topological polar surface area (TPSA) is 82.6 Å². The lowest BCUT2D eigenvalue weighted by atomic mass is 10.1. The van der Waals surface area contributed by atoms with Gasteiger partial charge in [0, 0.05) is 51.0 Å². The summed E-state index contributed by atoms with van der Waals surface area (Å²) in [6.07, 6.45) is 5.29. The van der Waals surface area contributed by atoms with Crippen LogP contribution >= 0.6 is 0 Å². The summed E-state index contributed by atoms with van der Waals surface area (Å²) in [4.78, 5) is 19.0. The number of hydrogen-bond acceptors (Lipinski definition) is 5. The number of nitrogens with zero attached hydrogens (tertiary/aromatic N) is 3. The average Bonchev–Trinajstić information content (AvgIpc) is 3.16. The zero-order valence-electron chi connectivity index (χ0n) is 14.8. The van der Waals surface area contributed by atoms with Gasteiger partial charge in [0.15, 0.2) is 0 Å². The van der Waals surface area contributed by atoms with E-state index in [1.54, 1.807) is 36.7 Å². The molecule has 0 unspecified atom stereocenters. The van der Waals surface area contributed by atoms with Crippen LogP contribution in [0.5, 0.6) is 0 Å². The van der Waals surface area contributed by atoms with Crippen molar-refractivity contribution < 1.29 is 13.2 Å². The molecule has 1 aromatic carbocycles. The van der Waals surface area contributed by atoms with Gasteiger partial charge in [0.1, 0.15) is 0 Å². The quantitative estimate of drug-likeness (QED) is 0.867. The van der Waals surface area contributed by atoms with Crippen LogP contribution in [0.1, 0.15) is 23.2 Å². The molecule has 1 amide bonds. The summed E-state index contributed by atoms with van der Waals surface area (Å²) in [5.74, 6) is -0.339. The number of nitrogens with one attached hydrogen (secondary N) is 1. The fourth-order valence-electron chi connectivity index (χ4n) is 2.94. The Bertz CT molecular complexity index is 892. The number of hydrogen-bond donors (Lipinski definition) is 1. The second-order valence-corrected chi connectivity index (χ2v) is 8.50. The van der Waals surface area contributed by atoms with Gasteiger partial charge in [-0.2, -0.15) is 0 Å². The first kappa shape index (κ1) is 18.3. The molecule has 0 aliphatic carbocycles.